The Morgan fingerprint density at radius 2 is 1.24 bits per heavy atom. The van der Waals surface area contributed by atoms with Crippen molar-refractivity contribution >= 4 is 24.0 Å². The van der Waals surface area contributed by atoms with E-state index in [2.05, 4.69) is 84.9 Å². The van der Waals surface area contributed by atoms with Crippen LogP contribution < -0.4 is 5.19 Å². The first-order valence-corrected chi connectivity index (χ1v) is 10.6. The van der Waals surface area contributed by atoms with Gasteiger partial charge in [-0.2, -0.15) is 0 Å². The van der Waals surface area contributed by atoms with Crippen molar-refractivity contribution in [3.63, 3.8) is 0 Å². The van der Waals surface area contributed by atoms with Crippen LogP contribution in [0.25, 0.3) is 10.8 Å². The summed E-state index contributed by atoms with van der Waals surface area (Å²) in [6, 6.07) is 13.6. The molecule has 0 fully saturated rings. The number of hydrogen-bond acceptors (Lipinski definition) is 0. The van der Waals surface area contributed by atoms with Crippen LogP contribution in [0.5, 0.6) is 0 Å². The first-order chi connectivity index (χ1) is 9.83. The van der Waals surface area contributed by atoms with E-state index in [4.69, 9.17) is 0 Å². The molecular weight excluding hydrogens is 268 g/mol. The molecule has 0 atom stereocenters. The lowest BCUT2D eigenvalue weighted by Gasteiger charge is -2.45. The highest BCUT2D eigenvalue weighted by Crippen LogP contribution is 2.42. The van der Waals surface area contributed by atoms with Gasteiger partial charge in [0.2, 0.25) is 0 Å². The molecule has 0 amide bonds. The molecule has 0 aliphatic carbocycles. The molecule has 0 bridgehead atoms. The fraction of sp³-hybridized carbons (Fsp3) is 0.500. The van der Waals surface area contributed by atoms with E-state index < -0.39 is 8.07 Å². The predicted molar refractivity (Wildman–Crippen MR) is 99.4 cm³/mol. The van der Waals surface area contributed by atoms with Crippen molar-refractivity contribution < 1.29 is 0 Å². The number of hydrogen-bond donors (Lipinski definition) is 0. The van der Waals surface area contributed by atoms with Crippen molar-refractivity contribution in [3.8, 4) is 0 Å². The molecule has 2 aromatic rings. The van der Waals surface area contributed by atoms with Crippen LogP contribution >= 0.6 is 0 Å². The fourth-order valence-corrected chi connectivity index (χ4v) is 12.0. The molecule has 2 rings (SSSR count). The van der Waals surface area contributed by atoms with Crippen molar-refractivity contribution in [3.05, 3.63) is 42.0 Å². The van der Waals surface area contributed by atoms with Gasteiger partial charge in [0.1, 0.15) is 0 Å². The molecule has 0 N–H and O–H groups in total. The molecule has 0 aliphatic heterocycles. The molecule has 0 saturated heterocycles. The van der Waals surface area contributed by atoms with Gasteiger partial charge in [-0.15, -0.1) is 0 Å². The molecule has 21 heavy (non-hydrogen) atoms. The van der Waals surface area contributed by atoms with Crippen molar-refractivity contribution in [1.82, 2.24) is 0 Å². The summed E-state index contributed by atoms with van der Waals surface area (Å²) in [4.78, 5) is 0. The number of benzene rings is 2. The van der Waals surface area contributed by atoms with E-state index >= 15 is 0 Å². The molecule has 0 heterocycles. The third-order valence-electron chi connectivity index (χ3n) is 5.44. The lowest BCUT2D eigenvalue weighted by molar-refractivity contribution is 0.835. The zero-order valence-electron chi connectivity index (χ0n) is 14.7. The van der Waals surface area contributed by atoms with E-state index in [-0.39, 0.29) is 0 Å². The molecule has 114 valence electrons. The average Bonchev–Trinajstić information content (AvgIpc) is 2.40. The Morgan fingerprint density at radius 1 is 0.714 bits per heavy atom. The summed E-state index contributed by atoms with van der Waals surface area (Å²) < 4.78 is 0. The molecule has 1 heteroatoms. The second-order valence-electron chi connectivity index (χ2n) is 7.38. The van der Waals surface area contributed by atoms with Crippen LogP contribution in [0, 0.1) is 6.92 Å². The number of rotatable bonds is 4. The highest BCUT2D eigenvalue weighted by atomic mass is 28.3. The van der Waals surface area contributed by atoms with Gasteiger partial charge in [-0.3, -0.25) is 0 Å². The Morgan fingerprint density at radius 3 is 1.76 bits per heavy atom. The standard InChI is InChI=1S/C20H30Si/c1-14(2)21(15(3)4,16(5)6)20-17(7)12-13-18-10-8-9-11-19(18)20/h8-16H,1-7H3. The minimum Gasteiger partial charge on any atom is -0.0648 e. The van der Waals surface area contributed by atoms with Crippen LogP contribution in [0.3, 0.4) is 0 Å². The Labute approximate surface area is 131 Å². The Balaban J connectivity index is 2.92. The predicted octanol–water partition coefficient (Wildman–Crippen LogP) is 6.03. The van der Waals surface area contributed by atoms with Gasteiger partial charge in [0.15, 0.2) is 0 Å². The summed E-state index contributed by atoms with van der Waals surface area (Å²) in [7, 11) is -1.61. The van der Waals surface area contributed by atoms with Crippen LogP contribution in [0.1, 0.15) is 47.1 Å². The molecule has 0 aromatic heterocycles. The quantitative estimate of drug-likeness (QED) is 0.604. The second-order valence-corrected chi connectivity index (χ2v) is 13.2. The lowest BCUT2D eigenvalue weighted by Crippen LogP contribution is -2.56. The summed E-state index contributed by atoms with van der Waals surface area (Å²) in [5.74, 6) is 0. The topological polar surface area (TPSA) is 0 Å². The van der Waals surface area contributed by atoms with Crippen molar-refractivity contribution in [2.75, 3.05) is 0 Å². The van der Waals surface area contributed by atoms with Gasteiger partial charge in [-0.05, 0) is 39.5 Å². The molecule has 0 nitrogen and oxygen atoms in total. The Kier molecular flexibility index (Phi) is 4.62. The molecule has 0 unspecified atom stereocenters. The SMILES string of the molecule is Cc1ccc2ccccc2c1[Si](C(C)C)(C(C)C)C(C)C. The monoisotopic (exact) mass is 298 g/mol. The molecule has 2 aromatic carbocycles. The van der Waals surface area contributed by atoms with Crippen LogP contribution in [0.15, 0.2) is 36.4 Å². The van der Waals surface area contributed by atoms with Crippen LogP contribution in [-0.4, -0.2) is 8.07 Å². The normalized spacial score (nSPS) is 12.9. The molecular formula is C20H30Si. The maximum Gasteiger partial charge on any atom is 0.0954 e. The van der Waals surface area contributed by atoms with Gasteiger partial charge in [0.25, 0.3) is 0 Å². The van der Waals surface area contributed by atoms with Gasteiger partial charge >= 0.3 is 0 Å². The van der Waals surface area contributed by atoms with Crippen LogP contribution in [-0.2, 0) is 0 Å². The van der Waals surface area contributed by atoms with Gasteiger partial charge in [-0.25, -0.2) is 0 Å². The van der Waals surface area contributed by atoms with Gasteiger partial charge in [-0.1, -0.05) is 83.5 Å². The molecule has 0 spiro atoms. The minimum atomic E-state index is -1.61. The van der Waals surface area contributed by atoms with E-state index in [1.165, 1.54) is 16.3 Å². The number of fused-ring (bicyclic) bond motifs is 1. The highest BCUT2D eigenvalue weighted by Gasteiger charge is 2.45. The summed E-state index contributed by atoms with van der Waals surface area (Å²) in [6.45, 7) is 17.0. The van der Waals surface area contributed by atoms with E-state index in [0.717, 1.165) is 16.6 Å². The van der Waals surface area contributed by atoms with Gasteiger partial charge in [0.05, 0.1) is 8.07 Å². The van der Waals surface area contributed by atoms with Crippen molar-refractivity contribution in [2.45, 2.75) is 65.1 Å². The largest absolute Gasteiger partial charge is 0.0954 e. The third-order valence-corrected chi connectivity index (χ3v) is 12.7. The van der Waals surface area contributed by atoms with Gasteiger partial charge < -0.3 is 0 Å². The smallest absolute Gasteiger partial charge is 0.0648 e. The Bertz CT molecular complexity index is 601. The first-order valence-electron chi connectivity index (χ1n) is 8.32. The maximum atomic E-state index is 2.45. The van der Waals surface area contributed by atoms with E-state index in [9.17, 15) is 0 Å². The van der Waals surface area contributed by atoms with Gasteiger partial charge in [0, 0.05) is 0 Å². The molecule has 0 aliphatic rings. The molecule has 0 saturated carbocycles. The van der Waals surface area contributed by atoms with E-state index in [1.54, 1.807) is 5.19 Å². The van der Waals surface area contributed by atoms with Crippen LogP contribution in [0.4, 0.5) is 0 Å². The van der Waals surface area contributed by atoms with Crippen LogP contribution in [0.2, 0.25) is 16.6 Å². The molecule has 0 radical (unpaired) electrons. The first kappa shape index (κ1) is 16.3. The fourth-order valence-electron chi connectivity index (χ4n) is 4.82. The zero-order valence-corrected chi connectivity index (χ0v) is 15.7. The van der Waals surface area contributed by atoms with E-state index in [0.29, 0.717) is 0 Å². The third kappa shape index (κ3) is 2.46. The number of aryl methyl sites for hydroxylation is 1. The average molecular weight is 299 g/mol. The lowest BCUT2D eigenvalue weighted by atomic mass is 10.1. The van der Waals surface area contributed by atoms with Crippen molar-refractivity contribution in [2.24, 2.45) is 0 Å². The summed E-state index contributed by atoms with van der Waals surface area (Å²) >= 11 is 0. The maximum absolute atomic E-state index is 2.45. The highest BCUT2D eigenvalue weighted by molar-refractivity contribution is 6.96. The Hall–Kier alpha value is -1.08. The van der Waals surface area contributed by atoms with Crippen molar-refractivity contribution in [1.29, 1.82) is 0 Å². The minimum absolute atomic E-state index is 0.752. The van der Waals surface area contributed by atoms with E-state index in [1.807, 2.05) is 0 Å². The summed E-state index contributed by atoms with van der Waals surface area (Å²) in [6.07, 6.45) is 0. The summed E-state index contributed by atoms with van der Waals surface area (Å²) in [5.41, 5.74) is 3.75. The summed E-state index contributed by atoms with van der Waals surface area (Å²) in [5, 5.41) is 4.61. The zero-order chi connectivity index (χ0) is 15.8. The second kappa shape index (κ2) is 5.96.